The number of nitrogens with one attached hydrogen (secondary N) is 2. The molecule has 32 heavy (non-hydrogen) atoms. The summed E-state index contributed by atoms with van der Waals surface area (Å²) in [7, 11) is 0. The minimum Gasteiger partial charge on any atom is -0.343 e. The Labute approximate surface area is 202 Å². The van der Waals surface area contributed by atoms with E-state index in [0.717, 1.165) is 12.1 Å². The van der Waals surface area contributed by atoms with Crippen LogP contribution in [-0.2, 0) is 9.59 Å². The van der Waals surface area contributed by atoms with Crippen LogP contribution in [0, 0.1) is 17.6 Å². The second-order valence-electron chi connectivity index (χ2n) is 7.18. The molecule has 0 spiro atoms. The van der Waals surface area contributed by atoms with Gasteiger partial charge in [0, 0.05) is 17.2 Å². The predicted octanol–water partition coefficient (Wildman–Crippen LogP) is 5.23. The van der Waals surface area contributed by atoms with Gasteiger partial charge in [0.1, 0.15) is 10.9 Å². The molecule has 2 aliphatic rings. The van der Waals surface area contributed by atoms with E-state index in [9.17, 15) is 31.5 Å². The van der Waals surface area contributed by atoms with Crippen LogP contribution in [-0.4, -0.2) is 34.2 Å². The Morgan fingerprint density at radius 1 is 1.22 bits per heavy atom. The fraction of sp³-hybridized carbons (Fsp3) is 0.368. The van der Waals surface area contributed by atoms with Crippen LogP contribution in [0.5, 0.6) is 0 Å². The Hall–Kier alpha value is -1.36. The van der Waals surface area contributed by atoms with Gasteiger partial charge in [0.2, 0.25) is 11.8 Å². The molecule has 1 fully saturated rings. The molecule has 3 unspecified atom stereocenters. The van der Waals surface area contributed by atoms with Crippen LogP contribution in [0.4, 0.5) is 22.0 Å². The van der Waals surface area contributed by atoms with Crippen molar-refractivity contribution in [3.05, 3.63) is 57.2 Å². The van der Waals surface area contributed by atoms with Crippen molar-refractivity contribution in [1.82, 2.24) is 10.6 Å². The highest BCUT2D eigenvalue weighted by molar-refractivity contribution is 9.10. The second-order valence-corrected chi connectivity index (χ2v) is 10.0. The van der Waals surface area contributed by atoms with Gasteiger partial charge in [-0.15, -0.1) is 34.8 Å². The summed E-state index contributed by atoms with van der Waals surface area (Å²) < 4.78 is 62.5. The molecule has 2 N–H and O–H groups in total. The van der Waals surface area contributed by atoms with E-state index in [1.165, 1.54) is 12.1 Å². The largest absolute Gasteiger partial charge is 0.405 e. The summed E-state index contributed by atoms with van der Waals surface area (Å²) in [6.45, 7) is -1.53. The van der Waals surface area contributed by atoms with E-state index in [-0.39, 0.29) is 27.7 Å². The van der Waals surface area contributed by atoms with E-state index in [1.807, 2.05) is 0 Å². The number of amides is 2. The zero-order valence-electron chi connectivity index (χ0n) is 15.7. The van der Waals surface area contributed by atoms with Gasteiger partial charge in [0.15, 0.2) is 11.6 Å². The first-order chi connectivity index (χ1) is 14.7. The molecule has 174 valence electrons. The van der Waals surface area contributed by atoms with Gasteiger partial charge in [-0.1, -0.05) is 6.08 Å². The quantitative estimate of drug-likeness (QED) is 0.284. The average molecular weight is 583 g/mol. The van der Waals surface area contributed by atoms with E-state index in [2.05, 4.69) is 21.2 Å². The molecule has 13 heteroatoms. The van der Waals surface area contributed by atoms with E-state index in [1.54, 1.807) is 5.32 Å². The molecule has 0 aliphatic heterocycles. The predicted molar refractivity (Wildman–Crippen MR) is 112 cm³/mol. The number of carbonyl (C=O) groups excluding carboxylic acids is 2. The van der Waals surface area contributed by atoms with Crippen molar-refractivity contribution >= 4 is 62.5 Å². The number of carbonyl (C=O) groups is 2. The zero-order valence-corrected chi connectivity index (χ0v) is 19.5. The minimum absolute atomic E-state index is 0.0690. The Kier molecular flexibility index (Phi) is 7.20. The zero-order chi connectivity index (χ0) is 24.0. The SMILES string of the molecule is O=C(NCC(F)(F)F)C1=CC(NC(=O)C2C(c3cc(F)c(F)c(Br)c3)C2(Cl)Cl)=CCC1Cl. The lowest BCUT2D eigenvalue weighted by atomic mass is 10.0. The van der Waals surface area contributed by atoms with Gasteiger partial charge in [-0.25, -0.2) is 8.78 Å². The molecule has 0 bridgehead atoms. The number of hydrogen-bond donors (Lipinski definition) is 2. The number of benzene rings is 1. The Morgan fingerprint density at radius 2 is 1.88 bits per heavy atom. The van der Waals surface area contributed by atoms with Gasteiger partial charge in [-0.05, 0) is 46.1 Å². The Morgan fingerprint density at radius 3 is 2.47 bits per heavy atom. The molecular weight excluding hydrogens is 569 g/mol. The van der Waals surface area contributed by atoms with Crippen molar-refractivity contribution in [1.29, 1.82) is 0 Å². The first-order valence-electron chi connectivity index (χ1n) is 8.96. The smallest absolute Gasteiger partial charge is 0.343 e. The van der Waals surface area contributed by atoms with Gasteiger partial charge < -0.3 is 10.6 Å². The number of allylic oxidation sites excluding steroid dienone is 2. The Bertz CT molecular complexity index is 1010. The molecule has 0 aromatic heterocycles. The average Bonchev–Trinajstić information content (AvgIpc) is 3.27. The Balaban J connectivity index is 1.72. The number of hydrogen-bond acceptors (Lipinski definition) is 2. The third-order valence-electron chi connectivity index (χ3n) is 4.87. The lowest BCUT2D eigenvalue weighted by Crippen LogP contribution is -2.37. The van der Waals surface area contributed by atoms with Gasteiger partial charge in [0.05, 0.1) is 15.8 Å². The molecule has 1 saturated carbocycles. The molecular formula is C19H13BrCl3F5N2O2. The van der Waals surface area contributed by atoms with Crippen LogP contribution in [0.25, 0.3) is 0 Å². The minimum atomic E-state index is -4.60. The molecule has 2 amide bonds. The van der Waals surface area contributed by atoms with Crippen LogP contribution < -0.4 is 10.6 Å². The fourth-order valence-corrected chi connectivity index (χ4v) is 4.83. The summed E-state index contributed by atoms with van der Waals surface area (Å²) in [5.74, 6) is -5.83. The number of alkyl halides is 6. The summed E-state index contributed by atoms with van der Waals surface area (Å²) in [5.41, 5.74) is 0.154. The summed E-state index contributed by atoms with van der Waals surface area (Å²) >= 11 is 21.3. The van der Waals surface area contributed by atoms with Crippen molar-refractivity contribution in [2.24, 2.45) is 5.92 Å². The maximum Gasteiger partial charge on any atom is 0.405 e. The van der Waals surface area contributed by atoms with Gasteiger partial charge >= 0.3 is 6.18 Å². The second kappa shape index (κ2) is 9.12. The lowest BCUT2D eigenvalue weighted by Gasteiger charge is -2.19. The normalized spacial score (nSPS) is 24.3. The number of halogens is 9. The first-order valence-corrected chi connectivity index (χ1v) is 10.9. The van der Waals surface area contributed by atoms with Crippen LogP contribution in [0.2, 0.25) is 0 Å². The molecule has 3 rings (SSSR count). The lowest BCUT2D eigenvalue weighted by molar-refractivity contribution is -0.136. The summed E-state index contributed by atoms with van der Waals surface area (Å²) in [6.07, 6.45) is -1.90. The molecule has 1 aromatic rings. The monoisotopic (exact) mass is 580 g/mol. The fourth-order valence-electron chi connectivity index (χ4n) is 3.29. The van der Waals surface area contributed by atoms with Gasteiger partial charge in [-0.2, -0.15) is 13.2 Å². The molecule has 4 nitrogen and oxygen atoms in total. The molecule has 1 aromatic carbocycles. The van der Waals surface area contributed by atoms with Crippen molar-refractivity contribution in [2.75, 3.05) is 6.54 Å². The van der Waals surface area contributed by atoms with Crippen molar-refractivity contribution < 1.29 is 31.5 Å². The van der Waals surface area contributed by atoms with Gasteiger partial charge in [0.25, 0.3) is 0 Å². The van der Waals surface area contributed by atoms with Crippen molar-refractivity contribution in [2.45, 2.75) is 28.2 Å². The molecule has 0 saturated heterocycles. The number of rotatable bonds is 5. The van der Waals surface area contributed by atoms with Crippen LogP contribution >= 0.6 is 50.7 Å². The van der Waals surface area contributed by atoms with Crippen molar-refractivity contribution in [3.63, 3.8) is 0 Å². The maximum absolute atomic E-state index is 13.7. The van der Waals surface area contributed by atoms with Crippen LogP contribution in [0.1, 0.15) is 17.9 Å². The van der Waals surface area contributed by atoms with E-state index < -0.39 is 57.7 Å². The summed E-state index contributed by atoms with van der Waals surface area (Å²) in [4.78, 5) is 24.8. The third kappa shape index (κ3) is 5.40. The van der Waals surface area contributed by atoms with Crippen LogP contribution in [0.15, 0.2) is 40.0 Å². The molecule has 0 radical (unpaired) electrons. The van der Waals surface area contributed by atoms with E-state index >= 15 is 0 Å². The van der Waals surface area contributed by atoms with Crippen molar-refractivity contribution in [3.8, 4) is 0 Å². The van der Waals surface area contributed by atoms with Crippen LogP contribution in [0.3, 0.4) is 0 Å². The molecule has 3 atom stereocenters. The summed E-state index contributed by atoms with van der Waals surface area (Å²) in [6, 6.07) is 2.15. The topological polar surface area (TPSA) is 58.2 Å². The highest BCUT2D eigenvalue weighted by Crippen LogP contribution is 2.65. The van der Waals surface area contributed by atoms with E-state index in [0.29, 0.717) is 0 Å². The standard InChI is InChI=1S/C19H13BrCl3F5N2O2/c20-10-3-7(4-12(24)15(10)25)13-14(19(13,22)23)17(32)30-8-1-2-11(21)9(5-8)16(31)29-6-18(26,27)28/h1,3-5,11,13-14H,2,6H2,(H,29,31)(H,30,32). The first kappa shape index (κ1) is 25.3. The molecule has 2 aliphatic carbocycles. The maximum atomic E-state index is 13.7. The van der Waals surface area contributed by atoms with Gasteiger partial charge in [-0.3, -0.25) is 9.59 Å². The highest BCUT2D eigenvalue weighted by atomic mass is 79.9. The third-order valence-corrected chi connectivity index (χ3v) is 6.80. The molecule has 0 heterocycles. The summed E-state index contributed by atoms with van der Waals surface area (Å²) in [5, 5.41) is 3.32. The highest BCUT2D eigenvalue weighted by Gasteiger charge is 2.67. The van der Waals surface area contributed by atoms with E-state index in [4.69, 9.17) is 34.8 Å².